The van der Waals surface area contributed by atoms with Gasteiger partial charge in [0.2, 0.25) is 0 Å². The molecule has 11 aromatic rings. The molecule has 0 saturated heterocycles. The summed E-state index contributed by atoms with van der Waals surface area (Å²) in [6, 6.07) is 41.9. The van der Waals surface area contributed by atoms with Crippen molar-refractivity contribution in [3.05, 3.63) is 115 Å². The van der Waals surface area contributed by atoms with E-state index in [1.54, 1.807) is 0 Å². The molecule has 3 nitrogen and oxygen atoms in total. The third-order valence-corrected chi connectivity index (χ3v) is 11.4. The number of aromatic nitrogens is 3. The summed E-state index contributed by atoms with van der Waals surface area (Å²) in [5, 5.41) is 8.91. The second kappa shape index (κ2) is 7.84. The van der Waals surface area contributed by atoms with Crippen LogP contribution in [0.25, 0.3) is 101 Å². The molecule has 0 spiro atoms. The third-order valence-electron chi connectivity index (χ3n) is 9.10. The molecular weight excluding hydrogens is 563 g/mol. The van der Waals surface area contributed by atoms with Gasteiger partial charge < -0.3 is 0 Å². The molecule has 11 rings (SSSR count). The Kier molecular flexibility index (Phi) is 4.10. The highest BCUT2D eigenvalue weighted by Crippen LogP contribution is 2.46. The molecule has 0 unspecified atom stereocenters. The Bertz CT molecular complexity index is 2960. The van der Waals surface area contributed by atoms with E-state index in [-0.39, 0.29) is 0 Å². The highest BCUT2D eigenvalue weighted by atomic mass is 32.1. The van der Waals surface area contributed by atoms with E-state index in [9.17, 15) is 0 Å². The zero-order valence-corrected chi connectivity index (χ0v) is 24.3. The number of hydrogen-bond donors (Lipinski definition) is 0. The molecule has 0 fully saturated rings. The van der Waals surface area contributed by atoms with Gasteiger partial charge in [-0.25, -0.2) is 9.97 Å². The molecule has 5 heterocycles. The molecule has 5 heteroatoms. The fourth-order valence-corrected chi connectivity index (χ4v) is 9.53. The summed E-state index contributed by atoms with van der Waals surface area (Å²) in [5.74, 6) is 0. The normalized spacial score (nSPS) is 12.7. The van der Waals surface area contributed by atoms with Crippen LogP contribution in [0, 0.1) is 0 Å². The number of rotatable bonds is 1. The summed E-state index contributed by atoms with van der Waals surface area (Å²) < 4.78 is 7.66. The van der Waals surface area contributed by atoms with E-state index < -0.39 is 0 Å². The number of fused-ring (bicyclic) bond motifs is 14. The van der Waals surface area contributed by atoms with Crippen molar-refractivity contribution < 1.29 is 0 Å². The lowest BCUT2D eigenvalue weighted by Gasteiger charge is -2.05. The number of para-hydroxylation sites is 2. The van der Waals surface area contributed by atoms with Crippen molar-refractivity contribution in [3.63, 3.8) is 0 Å². The molecule has 0 atom stereocenters. The summed E-state index contributed by atoms with van der Waals surface area (Å²) in [6.07, 6.45) is 0. The standard InChI is InChI=1S/C38H19N3S2/c1-6-12-32-22(7-1)25-15-14-24-27-18-21(20-13-16-33-26(17-20)23-8-2-5-11-31(23)42-33)19-28-34-38(40-30-10-4-3-9-29(30)39-34)41(35(27)28)36(24)37(25)43-32/h1-19H. The Morgan fingerprint density at radius 1 is 0.442 bits per heavy atom. The van der Waals surface area contributed by atoms with Gasteiger partial charge in [0.25, 0.3) is 0 Å². The van der Waals surface area contributed by atoms with Crippen LogP contribution in [-0.4, -0.2) is 14.4 Å². The summed E-state index contributed by atoms with van der Waals surface area (Å²) in [5.41, 5.74) is 8.59. The average molecular weight is 582 g/mol. The second-order valence-electron chi connectivity index (χ2n) is 11.4. The molecular formula is C38H19N3S2. The lowest BCUT2D eigenvalue weighted by Crippen LogP contribution is -1.89. The maximum atomic E-state index is 5.26. The van der Waals surface area contributed by atoms with Gasteiger partial charge in [-0.15, -0.1) is 22.7 Å². The van der Waals surface area contributed by atoms with Crippen LogP contribution in [0.1, 0.15) is 0 Å². The van der Waals surface area contributed by atoms with Gasteiger partial charge in [0.05, 0.1) is 26.8 Å². The lowest BCUT2D eigenvalue weighted by molar-refractivity contribution is 1.28. The zero-order chi connectivity index (χ0) is 27.8. The number of nitrogens with zero attached hydrogens (tertiary/aromatic N) is 3. The quantitative estimate of drug-likeness (QED) is 0.193. The lowest BCUT2D eigenvalue weighted by atomic mass is 9.98. The topological polar surface area (TPSA) is 30.2 Å². The molecule has 0 aliphatic heterocycles. The summed E-state index contributed by atoms with van der Waals surface area (Å²) in [4.78, 5) is 10.5. The summed E-state index contributed by atoms with van der Waals surface area (Å²) in [6.45, 7) is 0. The Morgan fingerprint density at radius 3 is 1.95 bits per heavy atom. The molecule has 5 aromatic heterocycles. The maximum Gasteiger partial charge on any atom is 0.165 e. The van der Waals surface area contributed by atoms with Crippen molar-refractivity contribution in [1.82, 2.24) is 14.4 Å². The molecule has 0 bridgehead atoms. The van der Waals surface area contributed by atoms with E-state index in [4.69, 9.17) is 9.97 Å². The van der Waals surface area contributed by atoms with Gasteiger partial charge in [0, 0.05) is 51.8 Å². The average Bonchev–Trinajstić information content (AvgIpc) is 3.79. The first-order chi connectivity index (χ1) is 21.3. The first-order valence-electron chi connectivity index (χ1n) is 14.4. The van der Waals surface area contributed by atoms with Crippen LogP contribution in [0.2, 0.25) is 0 Å². The highest BCUT2D eigenvalue weighted by Gasteiger charge is 2.23. The SMILES string of the molecule is c1ccc2nc3c(nc2c1)c1cc(-c2ccc4sc5ccccc5c4c2)cc2c4ccc5c6ccccc6sc5c4n3c21. The molecule has 0 N–H and O–H groups in total. The molecule has 43 heavy (non-hydrogen) atoms. The van der Waals surface area contributed by atoms with Crippen molar-refractivity contribution in [2.75, 3.05) is 0 Å². The molecule has 0 amide bonds. The van der Waals surface area contributed by atoms with Gasteiger partial charge in [-0.3, -0.25) is 4.40 Å². The van der Waals surface area contributed by atoms with E-state index in [0.29, 0.717) is 0 Å². The van der Waals surface area contributed by atoms with Crippen LogP contribution < -0.4 is 0 Å². The number of benzene rings is 6. The van der Waals surface area contributed by atoms with Gasteiger partial charge in [0.1, 0.15) is 5.52 Å². The molecule has 0 aliphatic rings. The largest absolute Gasteiger partial charge is 0.290 e. The van der Waals surface area contributed by atoms with E-state index in [1.807, 2.05) is 34.8 Å². The second-order valence-corrected chi connectivity index (χ2v) is 13.5. The van der Waals surface area contributed by atoms with Gasteiger partial charge in [-0.1, -0.05) is 66.7 Å². The third kappa shape index (κ3) is 2.84. The predicted molar refractivity (Wildman–Crippen MR) is 185 cm³/mol. The van der Waals surface area contributed by atoms with Crippen molar-refractivity contribution in [3.8, 4) is 11.1 Å². The van der Waals surface area contributed by atoms with Crippen molar-refractivity contribution in [2.45, 2.75) is 0 Å². The van der Waals surface area contributed by atoms with Crippen LogP contribution in [0.15, 0.2) is 115 Å². The van der Waals surface area contributed by atoms with E-state index in [0.717, 1.165) is 27.6 Å². The fraction of sp³-hybridized carbons (Fsp3) is 0. The smallest absolute Gasteiger partial charge is 0.165 e. The molecule has 198 valence electrons. The Labute approximate surface area is 252 Å². The van der Waals surface area contributed by atoms with Crippen LogP contribution in [-0.2, 0) is 0 Å². The van der Waals surface area contributed by atoms with Crippen LogP contribution in [0.3, 0.4) is 0 Å². The minimum atomic E-state index is 0.919. The summed E-state index contributed by atoms with van der Waals surface area (Å²) >= 11 is 3.73. The first kappa shape index (κ1) is 22.5. The van der Waals surface area contributed by atoms with Crippen LogP contribution in [0.4, 0.5) is 0 Å². The first-order valence-corrected chi connectivity index (χ1v) is 16.1. The van der Waals surface area contributed by atoms with Gasteiger partial charge in [-0.05, 0) is 59.7 Å². The Morgan fingerprint density at radius 2 is 1.09 bits per heavy atom. The van der Waals surface area contributed by atoms with Crippen molar-refractivity contribution in [1.29, 1.82) is 0 Å². The maximum absolute atomic E-state index is 5.26. The molecule has 0 aliphatic carbocycles. The minimum Gasteiger partial charge on any atom is -0.290 e. The van der Waals surface area contributed by atoms with Gasteiger partial charge in [-0.2, -0.15) is 0 Å². The summed E-state index contributed by atoms with van der Waals surface area (Å²) in [7, 11) is 0. The minimum absolute atomic E-state index is 0.919. The van der Waals surface area contributed by atoms with Gasteiger partial charge in [0.15, 0.2) is 5.65 Å². The van der Waals surface area contributed by atoms with E-state index in [1.165, 1.54) is 73.3 Å². The number of thiophene rings is 2. The Balaban J connectivity index is 1.33. The Hall–Kier alpha value is -5.10. The van der Waals surface area contributed by atoms with E-state index >= 15 is 0 Å². The molecule has 0 saturated carbocycles. The van der Waals surface area contributed by atoms with Crippen molar-refractivity contribution >= 4 is 112 Å². The fourth-order valence-electron chi connectivity index (χ4n) is 7.20. The van der Waals surface area contributed by atoms with Crippen LogP contribution >= 0.6 is 22.7 Å². The highest BCUT2D eigenvalue weighted by molar-refractivity contribution is 7.26. The number of hydrogen-bond acceptors (Lipinski definition) is 4. The van der Waals surface area contributed by atoms with E-state index in [2.05, 4.69) is 108 Å². The van der Waals surface area contributed by atoms with Gasteiger partial charge >= 0.3 is 0 Å². The molecule has 0 radical (unpaired) electrons. The van der Waals surface area contributed by atoms with Crippen LogP contribution in [0.5, 0.6) is 0 Å². The zero-order valence-electron chi connectivity index (χ0n) is 22.6. The predicted octanol–water partition coefficient (Wildman–Crippen LogP) is 11.2. The van der Waals surface area contributed by atoms with Crippen molar-refractivity contribution in [2.24, 2.45) is 0 Å². The monoisotopic (exact) mass is 581 g/mol. The molecule has 6 aromatic carbocycles.